The van der Waals surface area contributed by atoms with Crippen molar-refractivity contribution in [3.8, 4) is 0 Å². The van der Waals surface area contributed by atoms with Gasteiger partial charge in [-0.05, 0) is 18.6 Å². The van der Waals surface area contributed by atoms with Crippen molar-refractivity contribution < 1.29 is 9.53 Å². The third kappa shape index (κ3) is 3.10. The van der Waals surface area contributed by atoms with E-state index in [-0.39, 0.29) is 12.4 Å². The lowest BCUT2D eigenvalue weighted by Crippen LogP contribution is -2.10. The number of pyridine rings is 1. The molecular weight excluding hydrogens is 246 g/mol. The van der Waals surface area contributed by atoms with Gasteiger partial charge in [-0.2, -0.15) is 0 Å². The second kappa shape index (κ2) is 5.75. The van der Waals surface area contributed by atoms with Gasteiger partial charge in [0.05, 0.1) is 18.7 Å². The molecule has 1 rings (SSSR count). The highest BCUT2D eigenvalue weighted by molar-refractivity contribution is 9.08. The van der Waals surface area contributed by atoms with E-state index >= 15 is 0 Å². The van der Waals surface area contributed by atoms with E-state index in [1.54, 1.807) is 13.1 Å². The number of alkyl halides is 1. The van der Waals surface area contributed by atoms with E-state index in [4.69, 9.17) is 4.74 Å². The molecule has 0 aliphatic heterocycles. The van der Waals surface area contributed by atoms with Crippen molar-refractivity contribution in [2.75, 3.05) is 6.61 Å². The summed E-state index contributed by atoms with van der Waals surface area (Å²) in [7, 11) is 0. The summed E-state index contributed by atoms with van der Waals surface area (Å²) < 4.78 is 4.85. The molecule has 1 heterocycles. The van der Waals surface area contributed by atoms with Crippen molar-refractivity contribution in [3.05, 3.63) is 29.6 Å². The number of aromatic nitrogens is 1. The Morgan fingerprint density at radius 1 is 1.64 bits per heavy atom. The average Bonchev–Trinajstić information content (AvgIpc) is 2.19. The van der Waals surface area contributed by atoms with E-state index in [0.29, 0.717) is 11.9 Å². The first kappa shape index (κ1) is 11.2. The molecule has 0 fully saturated rings. The van der Waals surface area contributed by atoms with Crippen LogP contribution in [0.4, 0.5) is 0 Å². The van der Waals surface area contributed by atoms with Gasteiger partial charge in [0.25, 0.3) is 0 Å². The SMILES string of the molecule is CCOC(=O)Cc1ncccc1CBr. The van der Waals surface area contributed by atoms with Crippen LogP contribution in [0.3, 0.4) is 0 Å². The standard InChI is InChI=1S/C10H12BrNO2/c1-2-14-10(13)6-9-8(7-11)4-3-5-12-9/h3-5H,2,6-7H2,1H3. The molecule has 1 aromatic rings. The molecule has 0 unspecified atom stereocenters. The molecule has 0 aliphatic carbocycles. The summed E-state index contributed by atoms with van der Waals surface area (Å²) in [5.74, 6) is -0.228. The molecule has 0 bridgehead atoms. The lowest BCUT2D eigenvalue weighted by atomic mass is 10.2. The Bertz CT molecular complexity index is 315. The fraction of sp³-hybridized carbons (Fsp3) is 0.400. The first-order chi connectivity index (χ1) is 6.77. The van der Waals surface area contributed by atoms with E-state index in [9.17, 15) is 4.79 Å². The molecule has 0 saturated heterocycles. The van der Waals surface area contributed by atoms with Crippen molar-refractivity contribution in [1.82, 2.24) is 4.98 Å². The smallest absolute Gasteiger partial charge is 0.311 e. The van der Waals surface area contributed by atoms with Gasteiger partial charge in [-0.15, -0.1) is 0 Å². The minimum Gasteiger partial charge on any atom is -0.466 e. The summed E-state index contributed by atoms with van der Waals surface area (Å²) in [4.78, 5) is 15.3. The molecule has 0 aliphatic rings. The van der Waals surface area contributed by atoms with E-state index in [2.05, 4.69) is 20.9 Å². The topological polar surface area (TPSA) is 39.2 Å². The van der Waals surface area contributed by atoms with E-state index in [1.807, 2.05) is 12.1 Å². The van der Waals surface area contributed by atoms with Gasteiger partial charge < -0.3 is 4.74 Å². The molecule has 3 nitrogen and oxygen atoms in total. The number of carbonyl (C=O) groups is 1. The molecular formula is C10H12BrNO2. The van der Waals surface area contributed by atoms with Gasteiger partial charge >= 0.3 is 5.97 Å². The molecule has 0 N–H and O–H groups in total. The molecule has 76 valence electrons. The van der Waals surface area contributed by atoms with Crippen LogP contribution in [0.1, 0.15) is 18.2 Å². The zero-order valence-electron chi connectivity index (χ0n) is 8.00. The maximum atomic E-state index is 11.2. The van der Waals surface area contributed by atoms with Gasteiger partial charge in [0.15, 0.2) is 0 Å². The Morgan fingerprint density at radius 3 is 3.07 bits per heavy atom. The molecule has 0 spiro atoms. The largest absolute Gasteiger partial charge is 0.466 e. The number of ether oxygens (including phenoxy) is 1. The van der Waals surface area contributed by atoms with Gasteiger partial charge in [0.2, 0.25) is 0 Å². The third-order valence-electron chi connectivity index (χ3n) is 1.75. The molecule has 0 saturated carbocycles. The second-order valence-electron chi connectivity index (χ2n) is 2.72. The highest BCUT2D eigenvalue weighted by Crippen LogP contribution is 2.10. The van der Waals surface area contributed by atoms with Crippen LogP contribution in [0.5, 0.6) is 0 Å². The van der Waals surface area contributed by atoms with Crippen molar-refractivity contribution in [1.29, 1.82) is 0 Å². The summed E-state index contributed by atoms with van der Waals surface area (Å²) in [5, 5.41) is 0.704. The Morgan fingerprint density at radius 2 is 2.43 bits per heavy atom. The van der Waals surface area contributed by atoms with Gasteiger partial charge in [0.1, 0.15) is 0 Å². The maximum Gasteiger partial charge on any atom is 0.311 e. The van der Waals surface area contributed by atoms with Gasteiger partial charge in [0, 0.05) is 11.5 Å². The first-order valence-corrected chi connectivity index (χ1v) is 5.54. The van der Waals surface area contributed by atoms with Crippen LogP contribution in [0.25, 0.3) is 0 Å². The van der Waals surface area contributed by atoms with E-state index < -0.39 is 0 Å². The van der Waals surface area contributed by atoms with Crippen LogP contribution >= 0.6 is 15.9 Å². The van der Waals surface area contributed by atoms with Gasteiger partial charge in [-0.25, -0.2) is 0 Å². The van der Waals surface area contributed by atoms with Gasteiger partial charge in [-0.3, -0.25) is 9.78 Å². The number of rotatable bonds is 4. The quantitative estimate of drug-likeness (QED) is 0.613. The Balaban J connectivity index is 2.70. The minimum absolute atomic E-state index is 0.228. The van der Waals surface area contributed by atoms with Crippen molar-refractivity contribution >= 4 is 21.9 Å². The molecule has 4 heteroatoms. The fourth-order valence-electron chi connectivity index (χ4n) is 1.10. The maximum absolute atomic E-state index is 11.2. The summed E-state index contributed by atoms with van der Waals surface area (Å²) in [6.45, 7) is 2.21. The lowest BCUT2D eigenvalue weighted by molar-refractivity contribution is -0.142. The molecule has 0 aromatic carbocycles. The Labute approximate surface area is 91.6 Å². The Hall–Kier alpha value is -0.900. The summed E-state index contributed by atoms with van der Waals surface area (Å²) in [6.07, 6.45) is 1.93. The van der Waals surface area contributed by atoms with E-state index in [1.165, 1.54) is 0 Å². The zero-order chi connectivity index (χ0) is 10.4. The summed E-state index contributed by atoms with van der Waals surface area (Å²) in [6, 6.07) is 3.79. The van der Waals surface area contributed by atoms with E-state index in [0.717, 1.165) is 11.3 Å². The lowest BCUT2D eigenvalue weighted by Gasteiger charge is -2.04. The summed E-state index contributed by atoms with van der Waals surface area (Å²) in [5.41, 5.74) is 1.81. The average molecular weight is 258 g/mol. The predicted molar refractivity (Wildman–Crippen MR) is 57.2 cm³/mol. The number of nitrogens with zero attached hydrogens (tertiary/aromatic N) is 1. The van der Waals surface area contributed by atoms with Crippen LogP contribution in [-0.2, 0) is 21.3 Å². The normalized spacial score (nSPS) is 9.86. The van der Waals surface area contributed by atoms with Crippen molar-refractivity contribution in [3.63, 3.8) is 0 Å². The summed E-state index contributed by atoms with van der Waals surface area (Å²) >= 11 is 3.35. The highest BCUT2D eigenvalue weighted by atomic mass is 79.9. The van der Waals surface area contributed by atoms with Gasteiger partial charge in [-0.1, -0.05) is 22.0 Å². The molecule has 1 aromatic heterocycles. The molecule has 0 amide bonds. The number of carbonyl (C=O) groups excluding carboxylic acids is 1. The fourth-order valence-corrected chi connectivity index (χ4v) is 1.61. The molecule has 0 radical (unpaired) electrons. The van der Waals surface area contributed by atoms with Crippen molar-refractivity contribution in [2.45, 2.75) is 18.7 Å². The van der Waals surface area contributed by atoms with Crippen LogP contribution < -0.4 is 0 Å². The predicted octanol–water partition coefficient (Wildman–Crippen LogP) is 2.08. The zero-order valence-corrected chi connectivity index (χ0v) is 9.58. The van der Waals surface area contributed by atoms with Crippen LogP contribution in [0.15, 0.2) is 18.3 Å². The first-order valence-electron chi connectivity index (χ1n) is 4.42. The van der Waals surface area contributed by atoms with Crippen LogP contribution in [0, 0.1) is 0 Å². The Kier molecular flexibility index (Phi) is 4.59. The minimum atomic E-state index is -0.228. The van der Waals surface area contributed by atoms with Crippen LogP contribution in [0.2, 0.25) is 0 Å². The number of hydrogen-bond acceptors (Lipinski definition) is 3. The number of esters is 1. The van der Waals surface area contributed by atoms with Crippen LogP contribution in [-0.4, -0.2) is 17.6 Å². The molecule has 0 atom stereocenters. The highest BCUT2D eigenvalue weighted by Gasteiger charge is 2.08. The third-order valence-corrected chi connectivity index (χ3v) is 2.35. The number of hydrogen-bond donors (Lipinski definition) is 0. The number of halogens is 1. The second-order valence-corrected chi connectivity index (χ2v) is 3.29. The molecule has 14 heavy (non-hydrogen) atoms. The van der Waals surface area contributed by atoms with Crippen molar-refractivity contribution in [2.24, 2.45) is 0 Å². The monoisotopic (exact) mass is 257 g/mol.